The number of pyridine rings is 1. The van der Waals surface area contributed by atoms with Gasteiger partial charge in [-0.25, -0.2) is 0 Å². The first kappa shape index (κ1) is 14.7. The topological polar surface area (TPSA) is 79.4 Å². The fourth-order valence-electron chi connectivity index (χ4n) is 2.83. The minimum atomic E-state index is -0.586. The van der Waals surface area contributed by atoms with Gasteiger partial charge in [-0.05, 0) is 23.5 Å². The molecule has 22 heavy (non-hydrogen) atoms. The molecule has 1 aromatic rings. The van der Waals surface area contributed by atoms with E-state index in [4.69, 9.17) is 0 Å². The van der Waals surface area contributed by atoms with Crippen molar-refractivity contribution in [2.75, 3.05) is 0 Å². The van der Waals surface area contributed by atoms with Gasteiger partial charge in [-0.1, -0.05) is 20.8 Å². The molecule has 0 saturated carbocycles. The number of piperidine rings is 1. The number of nitrogens with zero attached hydrogens (tertiary/aromatic N) is 2. The SMILES string of the molecule is CC(C)(C)c1cnc2c(c1)C(=O)N(C1CCC(=O)NC1=O)C2. The van der Waals surface area contributed by atoms with Gasteiger partial charge in [0.25, 0.3) is 5.91 Å². The minimum absolute atomic E-state index is 0.0929. The molecule has 0 bridgehead atoms. The fraction of sp³-hybridized carbons (Fsp3) is 0.500. The molecule has 1 fully saturated rings. The molecule has 1 saturated heterocycles. The Labute approximate surface area is 128 Å². The Morgan fingerprint density at radius 3 is 2.64 bits per heavy atom. The average molecular weight is 301 g/mol. The van der Waals surface area contributed by atoms with Crippen LogP contribution in [-0.2, 0) is 21.5 Å². The second-order valence-corrected chi connectivity index (χ2v) is 6.87. The first-order chi connectivity index (χ1) is 10.3. The maximum absolute atomic E-state index is 12.6. The maximum Gasteiger partial charge on any atom is 0.256 e. The van der Waals surface area contributed by atoms with Gasteiger partial charge in [-0.2, -0.15) is 0 Å². The minimum Gasteiger partial charge on any atom is -0.321 e. The summed E-state index contributed by atoms with van der Waals surface area (Å²) in [5, 5.41) is 2.30. The van der Waals surface area contributed by atoms with Crippen molar-refractivity contribution in [1.82, 2.24) is 15.2 Å². The number of hydrogen-bond acceptors (Lipinski definition) is 4. The lowest BCUT2D eigenvalue weighted by Gasteiger charge is -2.29. The van der Waals surface area contributed by atoms with Crippen LogP contribution in [0.25, 0.3) is 0 Å². The summed E-state index contributed by atoms with van der Waals surface area (Å²) in [7, 11) is 0. The predicted octanol–water partition coefficient (Wildman–Crippen LogP) is 1.14. The molecule has 1 aromatic heterocycles. The maximum atomic E-state index is 12.6. The van der Waals surface area contributed by atoms with Gasteiger partial charge in [-0.15, -0.1) is 0 Å². The highest BCUT2D eigenvalue weighted by molar-refractivity contribution is 6.05. The van der Waals surface area contributed by atoms with E-state index in [0.717, 1.165) is 5.56 Å². The number of rotatable bonds is 1. The van der Waals surface area contributed by atoms with Gasteiger partial charge in [0.2, 0.25) is 11.8 Å². The van der Waals surface area contributed by atoms with Crippen molar-refractivity contribution in [2.24, 2.45) is 0 Å². The Kier molecular flexibility index (Phi) is 3.27. The van der Waals surface area contributed by atoms with Crippen molar-refractivity contribution in [1.29, 1.82) is 0 Å². The molecule has 3 amide bonds. The summed E-state index contributed by atoms with van der Waals surface area (Å²) in [6.07, 6.45) is 2.42. The molecule has 116 valence electrons. The summed E-state index contributed by atoms with van der Waals surface area (Å²) in [5.41, 5.74) is 2.16. The molecule has 0 spiro atoms. The molecule has 0 aliphatic carbocycles. The number of carbonyl (C=O) groups is 3. The largest absolute Gasteiger partial charge is 0.321 e. The molecule has 6 heteroatoms. The average Bonchev–Trinajstić information content (AvgIpc) is 2.75. The number of fused-ring (bicyclic) bond motifs is 1. The van der Waals surface area contributed by atoms with Crippen LogP contribution in [0.5, 0.6) is 0 Å². The molecule has 1 unspecified atom stereocenters. The lowest BCUT2D eigenvalue weighted by molar-refractivity contribution is -0.136. The molecule has 6 nitrogen and oxygen atoms in total. The van der Waals surface area contributed by atoms with Crippen LogP contribution in [0.4, 0.5) is 0 Å². The summed E-state index contributed by atoms with van der Waals surface area (Å²) in [6, 6.07) is 1.29. The zero-order valence-corrected chi connectivity index (χ0v) is 13.0. The zero-order valence-electron chi connectivity index (χ0n) is 13.0. The molecule has 1 N–H and O–H groups in total. The van der Waals surface area contributed by atoms with Crippen LogP contribution in [0, 0.1) is 0 Å². The second kappa shape index (κ2) is 4.90. The van der Waals surface area contributed by atoms with E-state index in [1.54, 1.807) is 6.20 Å². The normalized spacial score (nSPS) is 21.9. The number of hydrogen-bond donors (Lipinski definition) is 1. The first-order valence-electron chi connectivity index (χ1n) is 7.41. The Hall–Kier alpha value is -2.24. The van der Waals surface area contributed by atoms with Crippen LogP contribution in [0.1, 0.15) is 55.2 Å². The van der Waals surface area contributed by atoms with Gasteiger partial charge in [0.15, 0.2) is 0 Å². The second-order valence-electron chi connectivity index (χ2n) is 6.87. The van der Waals surface area contributed by atoms with Gasteiger partial charge < -0.3 is 4.90 Å². The Morgan fingerprint density at radius 2 is 2.00 bits per heavy atom. The van der Waals surface area contributed by atoms with Crippen molar-refractivity contribution in [3.63, 3.8) is 0 Å². The van der Waals surface area contributed by atoms with Gasteiger partial charge >= 0.3 is 0 Å². The van der Waals surface area contributed by atoms with Crippen molar-refractivity contribution >= 4 is 17.7 Å². The molecular weight excluding hydrogens is 282 g/mol. The molecule has 0 radical (unpaired) electrons. The standard InChI is InChI=1S/C16H19N3O3/c1-16(2,3)9-6-10-11(17-7-9)8-19(15(10)22)12-4-5-13(20)18-14(12)21/h6-7,12H,4-5,8H2,1-3H3,(H,18,20,21). The van der Waals surface area contributed by atoms with E-state index in [-0.39, 0.29) is 23.7 Å². The molecule has 2 aliphatic heterocycles. The molecule has 3 rings (SSSR count). The highest BCUT2D eigenvalue weighted by Gasteiger charge is 2.40. The monoisotopic (exact) mass is 301 g/mol. The van der Waals surface area contributed by atoms with Crippen molar-refractivity contribution < 1.29 is 14.4 Å². The van der Waals surface area contributed by atoms with Crippen molar-refractivity contribution in [3.8, 4) is 0 Å². The molecule has 3 heterocycles. The highest BCUT2D eigenvalue weighted by Crippen LogP contribution is 2.30. The Morgan fingerprint density at radius 1 is 1.27 bits per heavy atom. The van der Waals surface area contributed by atoms with E-state index in [1.807, 2.05) is 6.07 Å². The van der Waals surface area contributed by atoms with Crippen LogP contribution in [0.15, 0.2) is 12.3 Å². The van der Waals surface area contributed by atoms with Crippen LogP contribution in [-0.4, -0.2) is 33.6 Å². The van der Waals surface area contributed by atoms with Crippen molar-refractivity contribution in [2.45, 2.75) is 51.6 Å². The predicted molar refractivity (Wildman–Crippen MR) is 79.0 cm³/mol. The van der Waals surface area contributed by atoms with Crippen molar-refractivity contribution in [3.05, 3.63) is 29.1 Å². The van der Waals surface area contributed by atoms with Crippen LogP contribution < -0.4 is 5.32 Å². The summed E-state index contributed by atoms with van der Waals surface area (Å²) in [4.78, 5) is 41.8. The smallest absolute Gasteiger partial charge is 0.256 e. The third kappa shape index (κ3) is 2.38. The third-order valence-corrected chi connectivity index (χ3v) is 4.23. The Bertz CT molecular complexity index is 676. The number of carbonyl (C=O) groups excluding carboxylic acids is 3. The lowest BCUT2D eigenvalue weighted by atomic mass is 9.87. The summed E-state index contributed by atoms with van der Waals surface area (Å²) < 4.78 is 0. The molecule has 1 atom stereocenters. The lowest BCUT2D eigenvalue weighted by Crippen LogP contribution is -2.52. The van der Waals surface area contributed by atoms with Gasteiger partial charge in [-0.3, -0.25) is 24.7 Å². The van der Waals surface area contributed by atoms with E-state index in [1.165, 1.54) is 4.90 Å². The van der Waals surface area contributed by atoms with Crippen LogP contribution >= 0.6 is 0 Å². The van der Waals surface area contributed by atoms with Gasteiger partial charge in [0.05, 0.1) is 17.8 Å². The van der Waals surface area contributed by atoms with Crippen LogP contribution in [0.3, 0.4) is 0 Å². The van der Waals surface area contributed by atoms with Gasteiger partial charge in [0, 0.05) is 12.6 Å². The summed E-state index contributed by atoms with van der Waals surface area (Å²) in [5.74, 6) is -0.852. The summed E-state index contributed by atoms with van der Waals surface area (Å²) in [6.45, 7) is 6.51. The van der Waals surface area contributed by atoms with E-state index in [0.29, 0.717) is 24.2 Å². The number of imide groups is 1. The zero-order chi connectivity index (χ0) is 16.1. The van der Waals surface area contributed by atoms with Gasteiger partial charge in [0.1, 0.15) is 6.04 Å². The fourth-order valence-corrected chi connectivity index (χ4v) is 2.83. The molecule has 2 aliphatic rings. The number of aromatic nitrogens is 1. The molecular formula is C16H19N3O3. The summed E-state index contributed by atoms with van der Waals surface area (Å²) >= 11 is 0. The number of nitrogens with one attached hydrogen (secondary N) is 1. The Balaban J connectivity index is 1.88. The molecule has 0 aromatic carbocycles. The van der Waals surface area contributed by atoms with E-state index >= 15 is 0 Å². The number of amides is 3. The highest BCUT2D eigenvalue weighted by atomic mass is 16.2. The van der Waals surface area contributed by atoms with E-state index < -0.39 is 11.9 Å². The van der Waals surface area contributed by atoms with E-state index in [2.05, 4.69) is 31.1 Å². The van der Waals surface area contributed by atoms with Crippen LogP contribution in [0.2, 0.25) is 0 Å². The third-order valence-electron chi connectivity index (χ3n) is 4.23. The first-order valence-corrected chi connectivity index (χ1v) is 7.41. The van der Waals surface area contributed by atoms with E-state index in [9.17, 15) is 14.4 Å². The quantitative estimate of drug-likeness (QED) is 0.789.